The van der Waals surface area contributed by atoms with Crippen molar-refractivity contribution in [1.82, 2.24) is 4.90 Å². The summed E-state index contributed by atoms with van der Waals surface area (Å²) in [7, 11) is -3.20. The molecule has 1 aliphatic heterocycles. The molecule has 1 N–H and O–H groups in total. The van der Waals surface area contributed by atoms with E-state index in [1.165, 1.54) is 0 Å². The van der Waals surface area contributed by atoms with Crippen molar-refractivity contribution >= 4 is 21.7 Å². The molecular formula is C19H27NO5S. The van der Waals surface area contributed by atoms with Gasteiger partial charge in [0, 0.05) is 25.9 Å². The van der Waals surface area contributed by atoms with Crippen molar-refractivity contribution in [2.45, 2.75) is 50.3 Å². The number of hydrogen-bond donors (Lipinski definition) is 1. The number of likely N-dealkylation sites (tertiary alicyclic amines) is 1. The van der Waals surface area contributed by atoms with E-state index in [-0.39, 0.29) is 24.0 Å². The standard InChI is InChI=1S/C19H27NO5S/c1-2-26(24,25)17-9-5-15(6-10-17)7-11-18(21)20-13-3-4-16(14-20)8-12-19(22)23/h5-6,9-10,16H,2-4,7-8,11-14H2,1H3,(H,22,23). The molecule has 1 aromatic rings. The summed E-state index contributed by atoms with van der Waals surface area (Å²) in [6, 6.07) is 6.73. The van der Waals surface area contributed by atoms with Crippen LogP contribution in [0.5, 0.6) is 0 Å². The monoisotopic (exact) mass is 381 g/mol. The third-order valence-electron chi connectivity index (χ3n) is 4.93. The Labute approximate surface area is 155 Å². The van der Waals surface area contributed by atoms with E-state index in [2.05, 4.69) is 0 Å². The molecule has 1 saturated heterocycles. The normalized spacial score (nSPS) is 17.9. The molecule has 144 valence electrons. The van der Waals surface area contributed by atoms with Gasteiger partial charge in [0.15, 0.2) is 9.84 Å². The van der Waals surface area contributed by atoms with Gasteiger partial charge >= 0.3 is 5.97 Å². The highest BCUT2D eigenvalue weighted by Gasteiger charge is 2.23. The van der Waals surface area contributed by atoms with Crippen LogP contribution in [0.2, 0.25) is 0 Å². The largest absolute Gasteiger partial charge is 0.481 e. The Morgan fingerprint density at radius 3 is 2.50 bits per heavy atom. The van der Waals surface area contributed by atoms with Crippen LogP contribution in [0.25, 0.3) is 0 Å². The van der Waals surface area contributed by atoms with Crippen molar-refractivity contribution in [3.63, 3.8) is 0 Å². The number of rotatable bonds is 8. The highest BCUT2D eigenvalue weighted by Crippen LogP contribution is 2.22. The molecule has 1 heterocycles. The lowest BCUT2D eigenvalue weighted by Crippen LogP contribution is -2.40. The van der Waals surface area contributed by atoms with Crippen LogP contribution in [0, 0.1) is 5.92 Å². The number of aliphatic carboxylic acids is 1. The molecule has 0 saturated carbocycles. The number of carboxylic acid groups (broad SMARTS) is 1. The number of amides is 1. The molecule has 0 aliphatic carbocycles. The highest BCUT2D eigenvalue weighted by atomic mass is 32.2. The van der Waals surface area contributed by atoms with Crippen LogP contribution in [-0.4, -0.2) is 49.1 Å². The number of hydrogen-bond acceptors (Lipinski definition) is 4. The maximum Gasteiger partial charge on any atom is 0.303 e. The van der Waals surface area contributed by atoms with Crippen LogP contribution in [0.15, 0.2) is 29.2 Å². The molecular weight excluding hydrogens is 354 g/mol. The Balaban J connectivity index is 1.85. The van der Waals surface area contributed by atoms with Crippen molar-refractivity contribution < 1.29 is 23.1 Å². The summed E-state index contributed by atoms with van der Waals surface area (Å²) < 4.78 is 23.6. The number of aryl methyl sites for hydroxylation is 1. The van der Waals surface area contributed by atoms with Gasteiger partial charge in [-0.05, 0) is 49.3 Å². The highest BCUT2D eigenvalue weighted by molar-refractivity contribution is 7.91. The molecule has 1 atom stereocenters. The van der Waals surface area contributed by atoms with Gasteiger partial charge in [-0.2, -0.15) is 0 Å². The second kappa shape index (κ2) is 9.16. The third-order valence-corrected chi connectivity index (χ3v) is 6.68. The average Bonchev–Trinajstić information content (AvgIpc) is 2.65. The van der Waals surface area contributed by atoms with Gasteiger partial charge in [-0.15, -0.1) is 0 Å². The van der Waals surface area contributed by atoms with E-state index in [0.717, 1.165) is 24.9 Å². The van der Waals surface area contributed by atoms with Gasteiger partial charge in [-0.25, -0.2) is 8.42 Å². The molecule has 0 bridgehead atoms. The number of carbonyl (C=O) groups excluding carboxylic acids is 1. The lowest BCUT2D eigenvalue weighted by Gasteiger charge is -2.32. The summed E-state index contributed by atoms with van der Waals surface area (Å²) in [5, 5.41) is 8.80. The van der Waals surface area contributed by atoms with Crippen molar-refractivity contribution in [3.8, 4) is 0 Å². The fraction of sp³-hybridized carbons (Fsp3) is 0.579. The van der Waals surface area contributed by atoms with Crippen molar-refractivity contribution in [2.24, 2.45) is 5.92 Å². The molecule has 6 nitrogen and oxygen atoms in total. The quantitative estimate of drug-likeness (QED) is 0.747. The summed E-state index contributed by atoms with van der Waals surface area (Å²) in [6.45, 7) is 2.99. The first-order chi connectivity index (χ1) is 12.3. The minimum absolute atomic E-state index is 0.0723. The SMILES string of the molecule is CCS(=O)(=O)c1ccc(CCC(=O)N2CCCC(CCC(=O)O)C2)cc1. The fourth-order valence-corrected chi connectivity index (χ4v) is 4.18. The van der Waals surface area contributed by atoms with E-state index < -0.39 is 15.8 Å². The van der Waals surface area contributed by atoms with Crippen LogP contribution in [0.4, 0.5) is 0 Å². The first-order valence-corrected chi connectivity index (χ1v) is 10.8. The zero-order chi connectivity index (χ0) is 19.2. The lowest BCUT2D eigenvalue weighted by molar-refractivity contribution is -0.137. The Bertz CT molecular complexity index is 727. The molecule has 1 amide bonds. The average molecular weight is 381 g/mol. The molecule has 7 heteroatoms. The second-order valence-corrected chi connectivity index (χ2v) is 9.11. The van der Waals surface area contributed by atoms with Crippen molar-refractivity contribution in [1.29, 1.82) is 0 Å². The predicted octanol–water partition coefficient (Wildman–Crippen LogP) is 2.52. The van der Waals surface area contributed by atoms with Gasteiger partial charge < -0.3 is 10.0 Å². The van der Waals surface area contributed by atoms with Crippen LogP contribution in [0.3, 0.4) is 0 Å². The number of carboxylic acids is 1. The summed E-state index contributed by atoms with van der Waals surface area (Å²) in [5.41, 5.74) is 0.938. The second-order valence-electron chi connectivity index (χ2n) is 6.83. The molecule has 2 rings (SSSR count). The van der Waals surface area contributed by atoms with Gasteiger partial charge in [0.05, 0.1) is 10.6 Å². The van der Waals surface area contributed by atoms with Gasteiger partial charge in [-0.3, -0.25) is 9.59 Å². The number of carbonyl (C=O) groups is 2. The minimum Gasteiger partial charge on any atom is -0.481 e. The predicted molar refractivity (Wildman–Crippen MR) is 98.7 cm³/mol. The van der Waals surface area contributed by atoms with Crippen LogP contribution < -0.4 is 0 Å². The van der Waals surface area contributed by atoms with Crippen molar-refractivity contribution in [3.05, 3.63) is 29.8 Å². The topological polar surface area (TPSA) is 91.8 Å². The minimum atomic E-state index is -3.20. The number of nitrogens with zero attached hydrogens (tertiary/aromatic N) is 1. The smallest absolute Gasteiger partial charge is 0.303 e. The zero-order valence-corrected chi connectivity index (χ0v) is 16.0. The molecule has 1 unspecified atom stereocenters. The van der Waals surface area contributed by atoms with Gasteiger partial charge in [0.1, 0.15) is 0 Å². The van der Waals surface area contributed by atoms with Crippen LogP contribution in [-0.2, 0) is 25.8 Å². The zero-order valence-electron chi connectivity index (χ0n) is 15.2. The first-order valence-electron chi connectivity index (χ1n) is 9.13. The van der Waals surface area contributed by atoms with E-state index in [0.29, 0.717) is 30.7 Å². The summed E-state index contributed by atoms with van der Waals surface area (Å²) in [6.07, 6.45) is 3.61. The maximum atomic E-state index is 12.4. The van der Waals surface area contributed by atoms with E-state index in [1.54, 1.807) is 31.2 Å². The van der Waals surface area contributed by atoms with E-state index in [9.17, 15) is 18.0 Å². The van der Waals surface area contributed by atoms with Gasteiger partial charge in [0.2, 0.25) is 5.91 Å². The molecule has 1 aromatic carbocycles. The lowest BCUT2D eigenvalue weighted by atomic mass is 9.93. The Kier molecular flexibility index (Phi) is 7.20. The fourth-order valence-electron chi connectivity index (χ4n) is 3.29. The molecule has 1 fully saturated rings. The molecule has 0 spiro atoms. The van der Waals surface area contributed by atoms with Gasteiger partial charge in [0.25, 0.3) is 0 Å². The molecule has 0 radical (unpaired) electrons. The van der Waals surface area contributed by atoms with Crippen LogP contribution >= 0.6 is 0 Å². The maximum absolute atomic E-state index is 12.4. The molecule has 1 aliphatic rings. The molecule has 26 heavy (non-hydrogen) atoms. The number of piperidine rings is 1. The van der Waals surface area contributed by atoms with E-state index in [4.69, 9.17) is 5.11 Å². The Morgan fingerprint density at radius 2 is 1.88 bits per heavy atom. The van der Waals surface area contributed by atoms with Crippen LogP contribution in [0.1, 0.15) is 44.6 Å². The summed E-state index contributed by atoms with van der Waals surface area (Å²) >= 11 is 0. The summed E-state index contributed by atoms with van der Waals surface area (Å²) in [5.74, 6) is -0.373. The summed E-state index contributed by atoms with van der Waals surface area (Å²) in [4.78, 5) is 25.3. The van der Waals surface area contributed by atoms with Gasteiger partial charge in [-0.1, -0.05) is 19.1 Å². The van der Waals surface area contributed by atoms with E-state index in [1.807, 2.05) is 4.90 Å². The number of benzene rings is 1. The Hall–Kier alpha value is -1.89. The Morgan fingerprint density at radius 1 is 1.19 bits per heavy atom. The third kappa shape index (κ3) is 5.83. The first kappa shape index (κ1) is 20.4. The molecule has 0 aromatic heterocycles. The van der Waals surface area contributed by atoms with E-state index >= 15 is 0 Å². The number of sulfone groups is 1. The van der Waals surface area contributed by atoms with Crippen molar-refractivity contribution in [2.75, 3.05) is 18.8 Å².